The topological polar surface area (TPSA) is 49.4 Å². The summed E-state index contributed by atoms with van der Waals surface area (Å²) in [4.78, 5) is 2.50. The van der Waals surface area contributed by atoms with Crippen molar-refractivity contribution in [1.82, 2.24) is 10.2 Å². The van der Waals surface area contributed by atoms with Crippen LogP contribution in [0.4, 0.5) is 0 Å². The maximum Gasteiger partial charge on any atom is 0.153 e. The molecule has 2 saturated heterocycles. The molecule has 0 aromatic rings. The summed E-state index contributed by atoms with van der Waals surface area (Å²) < 4.78 is 23.1. The van der Waals surface area contributed by atoms with Gasteiger partial charge in [0.05, 0.1) is 11.5 Å². The molecule has 2 unspecified atom stereocenters. The Labute approximate surface area is 111 Å². The van der Waals surface area contributed by atoms with Gasteiger partial charge >= 0.3 is 0 Å². The lowest BCUT2D eigenvalue weighted by Gasteiger charge is -2.25. The van der Waals surface area contributed by atoms with E-state index in [0.717, 1.165) is 18.9 Å². The summed E-state index contributed by atoms with van der Waals surface area (Å²) in [6, 6.07) is 0.175. The third-order valence-corrected chi connectivity index (χ3v) is 5.90. The maximum absolute atomic E-state index is 11.5. The maximum atomic E-state index is 11.5. The number of hydrogen-bond donors (Lipinski definition) is 1. The highest BCUT2D eigenvalue weighted by atomic mass is 32.2. The van der Waals surface area contributed by atoms with Crippen molar-refractivity contribution in [3.05, 3.63) is 0 Å². The van der Waals surface area contributed by atoms with Crippen LogP contribution in [0.5, 0.6) is 0 Å². The number of rotatable bonds is 5. The van der Waals surface area contributed by atoms with Crippen molar-refractivity contribution in [2.75, 3.05) is 37.7 Å². The largest absolute Gasteiger partial charge is 0.312 e. The molecule has 2 heterocycles. The molecule has 0 aromatic carbocycles. The predicted molar refractivity (Wildman–Crippen MR) is 74.5 cm³/mol. The van der Waals surface area contributed by atoms with Gasteiger partial charge in [-0.25, -0.2) is 8.42 Å². The predicted octanol–water partition coefficient (Wildman–Crippen LogP) is 0.885. The molecule has 0 saturated carbocycles. The fraction of sp³-hybridized carbons (Fsp3) is 1.00. The van der Waals surface area contributed by atoms with Crippen LogP contribution < -0.4 is 5.32 Å². The molecule has 2 fully saturated rings. The smallest absolute Gasteiger partial charge is 0.153 e. The zero-order chi connectivity index (χ0) is 13.0. The summed E-state index contributed by atoms with van der Waals surface area (Å²) in [7, 11) is -2.78. The molecule has 4 nitrogen and oxygen atoms in total. The molecular formula is C13H26N2O2S. The summed E-state index contributed by atoms with van der Waals surface area (Å²) >= 11 is 0. The Bertz CT molecular complexity index is 356. The third-order valence-electron chi connectivity index (χ3n) is 4.16. The molecule has 0 aliphatic carbocycles. The van der Waals surface area contributed by atoms with Gasteiger partial charge in [-0.1, -0.05) is 13.3 Å². The van der Waals surface area contributed by atoms with E-state index < -0.39 is 9.84 Å². The van der Waals surface area contributed by atoms with E-state index in [4.69, 9.17) is 0 Å². The summed E-state index contributed by atoms with van der Waals surface area (Å²) in [5.74, 6) is 1.52. The van der Waals surface area contributed by atoms with Gasteiger partial charge in [0.15, 0.2) is 9.84 Å². The van der Waals surface area contributed by atoms with Crippen molar-refractivity contribution in [2.24, 2.45) is 5.92 Å². The minimum absolute atomic E-state index is 0.175. The van der Waals surface area contributed by atoms with Gasteiger partial charge in [-0.05, 0) is 38.3 Å². The van der Waals surface area contributed by atoms with Crippen LogP contribution in [0.25, 0.3) is 0 Å². The minimum Gasteiger partial charge on any atom is -0.312 e. The Morgan fingerprint density at radius 1 is 1.33 bits per heavy atom. The van der Waals surface area contributed by atoms with Crippen molar-refractivity contribution in [3.8, 4) is 0 Å². The van der Waals surface area contributed by atoms with Crippen LogP contribution in [0.1, 0.15) is 32.6 Å². The highest BCUT2D eigenvalue weighted by molar-refractivity contribution is 7.91. The molecule has 0 bridgehead atoms. The molecule has 2 aliphatic rings. The molecule has 18 heavy (non-hydrogen) atoms. The van der Waals surface area contributed by atoms with Crippen LogP contribution in [0.15, 0.2) is 0 Å². The molecule has 1 N–H and O–H groups in total. The third kappa shape index (κ3) is 4.21. The highest BCUT2D eigenvalue weighted by Crippen LogP contribution is 2.21. The number of likely N-dealkylation sites (tertiary alicyclic amines) is 1. The molecule has 2 rings (SSSR count). The Morgan fingerprint density at radius 2 is 2.17 bits per heavy atom. The van der Waals surface area contributed by atoms with Gasteiger partial charge in [0.1, 0.15) is 0 Å². The second-order valence-corrected chi connectivity index (χ2v) is 8.03. The number of nitrogens with one attached hydrogen (secondary N) is 1. The van der Waals surface area contributed by atoms with Crippen molar-refractivity contribution >= 4 is 9.84 Å². The number of sulfone groups is 1. The van der Waals surface area contributed by atoms with E-state index >= 15 is 0 Å². The van der Waals surface area contributed by atoms with E-state index in [9.17, 15) is 8.42 Å². The van der Waals surface area contributed by atoms with Gasteiger partial charge in [0, 0.05) is 19.1 Å². The summed E-state index contributed by atoms with van der Waals surface area (Å²) in [5, 5.41) is 3.33. The van der Waals surface area contributed by atoms with Gasteiger partial charge < -0.3 is 10.2 Å². The highest BCUT2D eigenvalue weighted by Gasteiger charge is 2.26. The van der Waals surface area contributed by atoms with Crippen molar-refractivity contribution in [1.29, 1.82) is 0 Å². The molecule has 0 radical (unpaired) electrons. The first-order chi connectivity index (χ1) is 8.59. The van der Waals surface area contributed by atoms with E-state index in [1.165, 1.54) is 32.4 Å². The quantitative estimate of drug-likeness (QED) is 0.809. The average Bonchev–Trinajstić information content (AvgIpc) is 2.74. The fourth-order valence-electron chi connectivity index (χ4n) is 3.15. The molecular weight excluding hydrogens is 248 g/mol. The van der Waals surface area contributed by atoms with Crippen LogP contribution in [-0.4, -0.2) is 57.0 Å². The molecule has 5 heteroatoms. The van der Waals surface area contributed by atoms with Crippen LogP contribution >= 0.6 is 0 Å². The first-order valence-electron chi connectivity index (χ1n) is 7.25. The molecule has 2 aliphatic heterocycles. The van der Waals surface area contributed by atoms with Crippen LogP contribution in [0.3, 0.4) is 0 Å². The second-order valence-electron chi connectivity index (χ2n) is 5.80. The van der Waals surface area contributed by atoms with E-state index in [0.29, 0.717) is 18.1 Å². The van der Waals surface area contributed by atoms with Gasteiger partial charge in [-0.2, -0.15) is 0 Å². The first kappa shape index (κ1) is 14.3. The SMILES string of the molecule is CCCC1CCN(CCC2CS(=O)(=O)CCN2)C1. The van der Waals surface area contributed by atoms with Gasteiger partial charge in [-0.3, -0.25) is 0 Å². The zero-order valence-corrected chi connectivity index (χ0v) is 12.2. The molecule has 0 amide bonds. The Morgan fingerprint density at radius 3 is 2.89 bits per heavy atom. The monoisotopic (exact) mass is 274 g/mol. The normalized spacial score (nSPS) is 32.7. The zero-order valence-electron chi connectivity index (χ0n) is 11.4. The second kappa shape index (κ2) is 6.35. The van der Waals surface area contributed by atoms with Crippen LogP contribution in [0.2, 0.25) is 0 Å². The molecule has 2 atom stereocenters. The van der Waals surface area contributed by atoms with E-state index in [2.05, 4.69) is 17.1 Å². The van der Waals surface area contributed by atoms with Crippen molar-refractivity contribution in [2.45, 2.75) is 38.6 Å². The van der Waals surface area contributed by atoms with Gasteiger partial charge in [0.2, 0.25) is 0 Å². The van der Waals surface area contributed by atoms with Crippen molar-refractivity contribution < 1.29 is 8.42 Å². The minimum atomic E-state index is -2.78. The lowest BCUT2D eigenvalue weighted by molar-refractivity contribution is 0.299. The molecule has 106 valence electrons. The summed E-state index contributed by atoms with van der Waals surface area (Å²) in [5.41, 5.74) is 0. The van der Waals surface area contributed by atoms with E-state index in [1.807, 2.05) is 0 Å². The summed E-state index contributed by atoms with van der Waals surface area (Å²) in [6.07, 6.45) is 4.91. The average molecular weight is 274 g/mol. The Kier molecular flexibility index (Phi) is 5.04. The summed E-state index contributed by atoms with van der Waals surface area (Å²) in [6.45, 7) is 6.34. The van der Waals surface area contributed by atoms with Crippen molar-refractivity contribution in [3.63, 3.8) is 0 Å². The van der Waals surface area contributed by atoms with E-state index in [1.54, 1.807) is 0 Å². The first-order valence-corrected chi connectivity index (χ1v) is 9.07. The number of nitrogens with zero attached hydrogens (tertiary/aromatic N) is 1. The van der Waals surface area contributed by atoms with Gasteiger partial charge in [0.25, 0.3) is 0 Å². The van der Waals surface area contributed by atoms with E-state index in [-0.39, 0.29) is 6.04 Å². The standard InChI is InChI=1S/C13H26N2O2S/c1-2-3-12-4-7-15(10-12)8-5-13-11-18(16,17)9-6-14-13/h12-14H,2-11H2,1H3. The fourth-order valence-corrected chi connectivity index (χ4v) is 4.64. The lowest BCUT2D eigenvalue weighted by atomic mass is 10.0. The molecule has 0 spiro atoms. The lowest BCUT2D eigenvalue weighted by Crippen LogP contribution is -2.46. The van der Waals surface area contributed by atoms with Crippen LogP contribution in [-0.2, 0) is 9.84 Å². The van der Waals surface area contributed by atoms with Gasteiger partial charge in [-0.15, -0.1) is 0 Å². The van der Waals surface area contributed by atoms with Crippen LogP contribution in [0, 0.1) is 5.92 Å². The molecule has 0 aromatic heterocycles. The Hall–Kier alpha value is -0.130. The Balaban J connectivity index is 1.69. The number of hydrogen-bond acceptors (Lipinski definition) is 4.